The standard InChI is InChI=1S/C35H41N5O8/c1-22-11-9-10-16-26(22)19-37-33(44)30-23(2)48-21-40(30)34(45)31(42)28(17-24-12-5-3-6-13-24)38-32(43)27(36)18-29(41)39-35(46)47-20-25-14-7-4-8-15-25/h3-16,23,27-28,30-31,42H,17-21,36H2,1-2H3,(H,37,44)(H,38,43)(H,39,41,46)/t23-,27+,28+,30+,31+/m1/s1. The van der Waals surface area contributed by atoms with E-state index in [1.165, 1.54) is 0 Å². The second-order valence-corrected chi connectivity index (χ2v) is 11.6. The zero-order valence-electron chi connectivity index (χ0n) is 26.8. The lowest BCUT2D eigenvalue weighted by Crippen LogP contribution is -2.58. The Kier molecular flexibility index (Phi) is 12.8. The van der Waals surface area contributed by atoms with Gasteiger partial charge in [0.15, 0.2) is 6.10 Å². The normalized spacial score (nSPS) is 17.5. The number of alkyl carbamates (subject to hydrolysis) is 1. The number of carbonyl (C=O) groups excluding carboxylic acids is 5. The Balaban J connectivity index is 1.38. The largest absolute Gasteiger partial charge is 0.444 e. The number of hydrogen-bond acceptors (Lipinski definition) is 9. The summed E-state index contributed by atoms with van der Waals surface area (Å²) in [6.07, 6.45) is -4.01. The SMILES string of the molecule is Cc1ccccc1CNC(=O)[C@@H]1[C@@H](C)OCN1C(=O)[C@@H](O)[C@H](Cc1ccccc1)NC(=O)[C@@H](N)CC(=O)NC(=O)OCc1ccccc1. The van der Waals surface area contributed by atoms with Gasteiger partial charge in [-0.2, -0.15) is 0 Å². The molecular formula is C35H41N5O8. The van der Waals surface area contributed by atoms with Crippen molar-refractivity contribution < 1.29 is 38.6 Å². The monoisotopic (exact) mass is 659 g/mol. The predicted octanol–water partition coefficient (Wildman–Crippen LogP) is 1.44. The van der Waals surface area contributed by atoms with Gasteiger partial charge in [0, 0.05) is 6.54 Å². The molecule has 0 spiro atoms. The number of imide groups is 1. The number of aryl methyl sites for hydroxylation is 1. The van der Waals surface area contributed by atoms with E-state index < -0.39 is 66.5 Å². The van der Waals surface area contributed by atoms with Crippen molar-refractivity contribution in [3.63, 3.8) is 0 Å². The number of nitrogens with one attached hydrogen (secondary N) is 3. The molecule has 0 aromatic heterocycles. The summed E-state index contributed by atoms with van der Waals surface area (Å²) in [7, 11) is 0. The van der Waals surface area contributed by atoms with Gasteiger partial charge in [0.2, 0.25) is 17.7 Å². The first-order valence-corrected chi connectivity index (χ1v) is 15.6. The van der Waals surface area contributed by atoms with E-state index in [1.54, 1.807) is 61.5 Å². The maximum absolute atomic E-state index is 13.7. The Labute approximate surface area is 278 Å². The van der Waals surface area contributed by atoms with Crippen LogP contribution in [0.1, 0.15) is 35.6 Å². The zero-order chi connectivity index (χ0) is 34.6. The molecule has 5 atom stereocenters. The van der Waals surface area contributed by atoms with Crippen LogP contribution in [-0.4, -0.2) is 76.8 Å². The summed E-state index contributed by atoms with van der Waals surface area (Å²) in [6.45, 7) is 3.52. The molecular weight excluding hydrogens is 618 g/mol. The number of nitrogens with zero attached hydrogens (tertiary/aromatic N) is 1. The van der Waals surface area contributed by atoms with Crippen molar-refractivity contribution in [2.75, 3.05) is 6.73 Å². The molecule has 1 aliphatic heterocycles. The van der Waals surface area contributed by atoms with Crippen LogP contribution in [-0.2, 0) is 48.2 Å². The van der Waals surface area contributed by atoms with Gasteiger partial charge in [0.1, 0.15) is 19.4 Å². The molecule has 3 aromatic rings. The van der Waals surface area contributed by atoms with E-state index in [0.29, 0.717) is 5.56 Å². The van der Waals surface area contributed by atoms with Crippen LogP contribution in [0.4, 0.5) is 4.79 Å². The summed E-state index contributed by atoms with van der Waals surface area (Å²) in [4.78, 5) is 65.7. The number of carbonyl (C=O) groups is 5. The van der Waals surface area contributed by atoms with E-state index in [4.69, 9.17) is 15.2 Å². The van der Waals surface area contributed by atoms with Crippen LogP contribution in [0.3, 0.4) is 0 Å². The van der Waals surface area contributed by atoms with Crippen molar-refractivity contribution in [3.8, 4) is 0 Å². The van der Waals surface area contributed by atoms with Gasteiger partial charge in [-0.15, -0.1) is 0 Å². The van der Waals surface area contributed by atoms with Crippen LogP contribution < -0.4 is 21.7 Å². The fourth-order valence-electron chi connectivity index (χ4n) is 5.23. The molecule has 1 fully saturated rings. The van der Waals surface area contributed by atoms with Crippen molar-refractivity contribution in [2.45, 2.75) is 70.2 Å². The molecule has 0 aliphatic carbocycles. The average molecular weight is 660 g/mol. The molecule has 0 unspecified atom stereocenters. The molecule has 0 saturated carbocycles. The van der Waals surface area contributed by atoms with Gasteiger partial charge in [0.25, 0.3) is 5.91 Å². The Morgan fingerprint density at radius 3 is 2.25 bits per heavy atom. The van der Waals surface area contributed by atoms with E-state index in [-0.39, 0.29) is 26.3 Å². The number of amides is 5. The van der Waals surface area contributed by atoms with Crippen LogP contribution in [0.15, 0.2) is 84.9 Å². The number of ether oxygens (including phenoxy) is 2. The minimum absolute atomic E-state index is 0.0264. The Bertz CT molecular complexity index is 1570. The number of hydrogen-bond donors (Lipinski definition) is 5. The fraction of sp³-hybridized carbons (Fsp3) is 0.343. The first-order valence-electron chi connectivity index (χ1n) is 15.6. The average Bonchev–Trinajstić information content (AvgIpc) is 3.47. The number of benzene rings is 3. The number of rotatable bonds is 13. The first kappa shape index (κ1) is 35.7. The zero-order valence-corrected chi connectivity index (χ0v) is 26.8. The van der Waals surface area contributed by atoms with Crippen molar-refractivity contribution in [2.24, 2.45) is 5.73 Å². The van der Waals surface area contributed by atoms with Gasteiger partial charge in [0.05, 0.1) is 24.6 Å². The lowest BCUT2D eigenvalue weighted by molar-refractivity contribution is -0.148. The van der Waals surface area contributed by atoms with E-state index in [0.717, 1.165) is 21.6 Å². The van der Waals surface area contributed by atoms with Gasteiger partial charge in [-0.05, 0) is 42.5 Å². The van der Waals surface area contributed by atoms with Crippen LogP contribution in [0.25, 0.3) is 0 Å². The third-order valence-corrected chi connectivity index (χ3v) is 7.98. The summed E-state index contributed by atoms with van der Waals surface area (Å²) in [5.41, 5.74) is 9.32. The van der Waals surface area contributed by atoms with E-state index in [9.17, 15) is 29.1 Å². The van der Waals surface area contributed by atoms with Crippen molar-refractivity contribution in [1.29, 1.82) is 0 Å². The second-order valence-electron chi connectivity index (χ2n) is 11.6. The third kappa shape index (κ3) is 9.94. The van der Waals surface area contributed by atoms with Crippen LogP contribution in [0.2, 0.25) is 0 Å². The first-order chi connectivity index (χ1) is 23.0. The number of nitrogens with two attached hydrogens (primary N) is 1. The van der Waals surface area contributed by atoms with E-state index >= 15 is 0 Å². The molecule has 4 rings (SSSR count). The van der Waals surface area contributed by atoms with Crippen molar-refractivity contribution in [3.05, 3.63) is 107 Å². The number of aliphatic hydroxyl groups excluding tert-OH is 1. The summed E-state index contributed by atoms with van der Waals surface area (Å²) >= 11 is 0. The van der Waals surface area contributed by atoms with Gasteiger partial charge >= 0.3 is 6.09 Å². The molecule has 1 aliphatic rings. The highest BCUT2D eigenvalue weighted by Gasteiger charge is 2.44. The molecule has 6 N–H and O–H groups in total. The highest BCUT2D eigenvalue weighted by Crippen LogP contribution is 2.21. The van der Waals surface area contributed by atoms with Gasteiger partial charge < -0.3 is 35.8 Å². The maximum atomic E-state index is 13.7. The minimum Gasteiger partial charge on any atom is -0.444 e. The molecule has 13 nitrogen and oxygen atoms in total. The molecule has 48 heavy (non-hydrogen) atoms. The van der Waals surface area contributed by atoms with Crippen LogP contribution >= 0.6 is 0 Å². The fourth-order valence-corrected chi connectivity index (χ4v) is 5.23. The molecule has 1 heterocycles. The van der Waals surface area contributed by atoms with E-state index in [1.807, 2.05) is 42.6 Å². The molecule has 13 heteroatoms. The van der Waals surface area contributed by atoms with Crippen LogP contribution in [0, 0.1) is 6.92 Å². The quantitative estimate of drug-likeness (QED) is 0.181. The minimum atomic E-state index is -1.80. The summed E-state index contributed by atoms with van der Waals surface area (Å²) in [5, 5.41) is 18.8. The molecule has 0 bridgehead atoms. The third-order valence-electron chi connectivity index (χ3n) is 7.98. The van der Waals surface area contributed by atoms with Crippen molar-refractivity contribution >= 4 is 29.7 Å². The Hall–Kier alpha value is -5.11. The highest BCUT2D eigenvalue weighted by molar-refractivity contribution is 5.95. The maximum Gasteiger partial charge on any atom is 0.414 e. The highest BCUT2D eigenvalue weighted by atomic mass is 16.5. The van der Waals surface area contributed by atoms with Gasteiger partial charge in [-0.3, -0.25) is 24.5 Å². The van der Waals surface area contributed by atoms with Gasteiger partial charge in [-0.1, -0.05) is 84.9 Å². The van der Waals surface area contributed by atoms with Crippen molar-refractivity contribution in [1.82, 2.24) is 20.9 Å². The lowest BCUT2D eigenvalue weighted by atomic mass is 9.98. The Morgan fingerprint density at radius 1 is 0.958 bits per heavy atom. The number of aliphatic hydroxyl groups is 1. The molecule has 3 aromatic carbocycles. The summed E-state index contributed by atoms with van der Waals surface area (Å²) < 4.78 is 10.7. The molecule has 0 radical (unpaired) electrons. The van der Waals surface area contributed by atoms with E-state index in [2.05, 4.69) is 10.6 Å². The smallest absolute Gasteiger partial charge is 0.414 e. The molecule has 254 valence electrons. The lowest BCUT2D eigenvalue weighted by Gasteiger charge is -2.30. The Morgan fingerprint density at radius 2 is 1.58 bits per heavy atom. The second kappa shape index (κ2) is 17.2. The van der Waals surface area contributed by atoms with Crippen LogP contribution in [0.5, 0.6) is 0 Å². The molecule has 1 saturated heterocycles. The summed E-state index contributed by atoms with van der Waals surface area (Å²) in [6, 6.07) is 21.6. The van der Waals surface area contributed by atoms with Gasteiger partial charge in [-0.25, -0.2) is 4.79 Å². The summed E-state index contributed by atoms with van der Waals surface area (Å²) in [5.74, 6) is -2.98. The molecule has 5 amide bonds. The predicted molar refractivity (Wildman–Crippen MR) is 175 cm³/mol. The topological polar surface area (TPSA) is 189 Å².